The van der Waals surface area contributed by atoms with Gasteiger partial charge >= 0.3 is 6.09 Å². The van der Waals surface area contributed by atoms with Crippen molar-refractivity contribution in [1.29, 1.82) is 0 Å². The van der Waals surface area contributed by atoms with Crippen LogP contribution in [0.2, 0.25) is 0 Å². The first-order chi connectivity index (χ1) is 20.8. The Morgan fingerprint density at radius 1 is 1.00 bits per heavy atom. The fraction of sp³-hybridized carbons (Fsp3) is 0.382. The summed E-state index contributed by atoms with van der Waals surface area (Å²) in [6, 6.07) is 27.7. The van der Waals surface area contributed by atoms with Gasteiger partial charge in [-0.05, 0) is 49.1 Å². The molecule has 1 aliphatic rings. The molecule has 0 bridgehead atoms. The molecule has 8 nitrogen and oxygen atoms in total. The number of sulfonamides is 1. The number of ether oxygens (including phenoxy) is 1. The van der Waals surface area contributed by atoms with E-state index in [4.69, 9.17) is 4.74 Å². The Morgan fingerprint density at radius 2 is 1.57 bits per heavy atom. The van der Waals surface area contributed by atoms with Crippen molar-refractivity contribution in [2.45, 2.75) is 42.2 Å². The third kappa shape index (κ3) is 8.92. The second-order valence-corrected chi connectivity index (χ2v) is 13.2. The Bertz CT molecular complexity index is 1400. The van der Waals surface area contributed by atoms with Crippen molar-refractivity contribution < 1.29 is 23.1 Å². The van der Waals surface area contributed by atoms with Crippen LogP contribution in [0, 0.1) is 0 Å². The second-order valence-electron chi connectivity index (χ2n) is 11.2. The van der Waals surface area contributed by atoms with Crippen LogP contribution in [0.4, 0.5) is 4.79 Å². The fourth-order valence-corrected chi connectivity index (χ4v) is 7.03. The smallest absolute Gasteiger partial charge is 0.410 e. The van der Waals surface area contributed by atoms with Crippen LogP contribution in [0.1, 0.15) is 30.4 Å². The van der Waals surface area contributed by atoms with Crippen LogP contribution in [0.25, 0.3) is 0 Å². The lowest BCUT2D eigenvalue weighted by atomic mass is 9.77. The number of aliphatic hydroxyl groups is 1. The molecule has 1 fully saturated rings. The summed E-state index contributed by atoms with van der Waals surface area (Å²) in [5.41, 5.74) is 1.06. The summed E-state index contributed by atoms with van der Waals surface area (Å²) in [7, 11) is -2.16. The van der Waals surface area contributed by atoms with E-state index >= 15 is 0 Å². The van der Waals surface area contributed by atoms with Gasteiger partial charge < -0.3 is 19.6 Å². The molecule has 3 aromatic carbocycles. The van der Waals surface area contributed by atoms with Crippen LogP contribution in [0.3, 0.4) is 0 Å². The van der Waals surface area contributed by atoms with Crippen molar-refractivity contribution in [3.05, 3.63) is 115 Å². The Balaban J connectivity index is 0.00000529. The molecule has 0 saturated carbocycles. The first-order valence-corrected chi connectivity index (χ1v) is 16.2. The number of benzene rings is 3. The van der Waals surface area contributed by atoms with Crippen molar-refractivity contribution >= 4 is 28.5 Å². The quantitative estimate of drug-likeness (QED) is 0.239. The number of hydrogen-bond acceptors (Lipinski definition) is 6. The topological polar surface area (TPSA) is 90.4 Å². The summed E-state index contributed by atoms with van der Waals surface area (Å²) in [4.78, 5) is 17.3. The molecule has 1 heterocycles. The molecule has 1 amide bonds. The van der Waals surface area contributed by atoms with Gasteiger partial charge in [0.25, 0.3) is 0 Å². The van der Waals surface area contributed by atoms with E-state index in [1.807, 2.05) is 60.7 Å². The van der Waals surface area contributed by atoms with Crippen molar-refractivity contribution in [3.8, 4) is 0 Å². The molecule has 1 unspecified atom stereocenters. The van der Waals surface area contributed by atoms with Gasteiger partial charge in [-0.25, -0.2) is 13.2 Å². The second kappa shape index (κ2) is 16.7. The van der Waals surface area contributed by atoms with Gasteiger partial charge in [-0.15, -0.1) is 19.0 Å². The van der Waals surface area contributed by atoms with Gasteiger partial charge in [0.05, 0.1) is 11.5 Å². The normalized spacial score (nSPS) is 15.6. The standard InChI is InChI=1S/C34H43N3O5S.ClH/c1-3-22-37(33(39)42-26-29-13-7-4-8-14-29)31-19-23-36(24-20-31)25-21-34(28-38,30-15-9-5-10-16-30)27-35(2)43(40,41)32-17-11-6-12-18-32;/h3-18,31,38H,1,19-28H2,2H3;1H. The maximum absolute atomic E-state index is 13.4. The van der Waals surface area contributed by atoms with E-state index in [-0.39, 0.29) is 49.2 Å². The van der Waals surface area contributed by atoms with E-state index in [1.54, 1.807) is 48.4 Å². The summed E-state index contributed by atoms with van der Waals surface area (Å²) in [6.07, 6.45) is 3.53. The van der Waals surface area contributed by atoms with Crippen LogP contribution >= 0.6 is 12.4 Å². The summed E-state index contributed by atoms with van der Waals surface area (Å²) < 4.78 is 33.7. The molecule has 44 heavy (non-hydrogen) atoms. The highest BCUT2D eigenvalue weighted by atomic mass is 35.5. The van der Waals surface area contributed by atoms with E-state index in [0.717, 1.165) is 37.1 Å². The van der Waals surface area contributed by atoms with Crippen molar-refractivity contribution in [2.24, 2.45) is 0 Å². The molecular formula is C34H44ClN3O5S. The van der Waals surface area contributed by atoms with Gasteiger partial charge in [-0.1, -0.05) is 84.9 Å². The zero-order valence-corrected chi connectivity index (χ0v) is 27.0. The minimum absolute atomic E-state index is 0. The predicted molar refractivity (Wildman–Crippen MR) is 176 cm³/mol. The van der Waals surface area contributed by atoms with Crippen LogP contribution in [0.5, 0.6) is 0 Å². The van der Waals surface area contributed by atoms with Crippen LogP contribution in [-0.4, -0.2) is 86.1 Å². The first-order valence-electron chi connectivity index (χ1n) is 14.8. The molecule has 10 heteroatoms. The minimum Gasteiger partial charge on any atom is -0.445 e. The van der Waals surface area contributed by atoms with E-state index in [0.29, 0.717) is 19.5 Å². The molecule has 1 N–H and O–H groups in total. The van der Waals surface area contributed by atoms with E-state index < -0.39 is 15.4 Å². The minimum atomic E-state index is -3.74. The van der Waals surface area contributed by atoms with Crippen LogP contribution < -0.4 is 0 Å². The van der Waals surface area contributed by atoms with Gasteiger partial charge in [0, 0.05) is 44.7 Å². The highest BCUT2D eigenvalue weighted by Crippen LogP contribution is 2.32. The summed E-state index contributed by atoms with van der Waals surface area (Å²) in [5.74, 6) is 0. The predicted octanol–water partition coefficient (Wildman–Crippen LogP) is 5.34. The number of likely N-dealkylation sites (N-methyl/N-ethyl adjacent to an activating group) is 1. The Hall–Kier alpha value is -3.21. The fourth-order valence-electron chi connectivity index (χ4n) is 5.75. The average Bonchev–Trinajstić information content (AvgIpc) is 3.06. The summed E-state index contributed by atoms with van der Waals surface area (Å²) >= 11 is 0. The Labute approximate surface area is 268 Å². The van der Waals surface area contributed by atoms with Gasteiger partial charge in [0.2, 0.25) is 10.0 Å². The number of carbonyl (C=O) groups excluding carboxylic acids is 1. The van der Waals surface area contributed by atoms with Crippen LogP contribution in [0.15, 0.2) is 109 Å². The SMILES string of the molecule is C=CCN(C(=O)OCc1ccccc1)C1CCN(CCC(CO)(CN(C)S(=O)(=O)c2ccccc2)c2ccccc2)CC1.Cl. The van der Waals surface area contributed by atoms with Crippen LogP contribution in [-0.2, 0) is 26.8 Å². The lowest BCUT2D eigenvalue weighted by Gasteiger charge is -2.40. The van der Waals surface area contributed by atoms with E-state index in [9.17, 15) is 18.3 Å². The number of rotatable bonds is 14. The number of amides is 1. The number of halogens is 1. The maximum Gasteiger partial charge on any atom is 0.410 e. The largest absolute Gasteiger partial charge is 0.445 e. The zero-order chi connectivity index (χ0) is 30.7. The number of aliphatic hydroxyl groups excluding tert-OH is 1. The average molecular weight is 642 g/mol. The maximum atomic E-state index is 13.4. The van der Waals surface area contributed by atoms with Gasteiger partial charge in [0.1, 0.15) is 6.61 Å². The van der Waals surface area contributed by atoms with E-state index in [2.05, 4.69) is 11.5 Å². The monoisotopic (exact) mass is 641 g/mol. The first kappa shape index (κ1) is 35.3. The third-order valence-electron chi connectivity index (χ3n) is 8.34. The molecular weight excluding hydrogens is 598 g/mol. The number of carbonyl (C=O) groups is 1. The molecule has 0 aliphatic carbocycles. The van der Waals surface area contributed by atoms with Gasteiger partial charge in [0.15, 0.2) is 0 Å². The molecule has 4 rings (SSSR count). The van der Waals surface area contributed by atoms with Crippen molar-refractivity contribution in [3.63, 3.8) is 0 Å². The molecule has 0 radical (unpaired) electrons. The number of likely N-dealkylation sites (tertiary alicyclic amines) is 1. The van der Waals surface area contributed by atoms with E-state index in [1.165, 1.54) is 4.31 Å². The highest BCUT2D eigenvalue weighted by molar-refractivity contribution is 7.89. The third-order valence-corrected chi connectivity index (χ3v) is 10.2. The molecule has 238 valence electrons. The van der Waals surface area contributed by atoms with Crippen molar-refractivity contribution in [1.82, 2.24) is 14.1 Å². The number of nitrogens with zero attached hydrogens (tertiary/aromatic N) is 3. The number of hydrogen-bond donors (Lipinski definition) is 1. The lowest BCUT2D eigenvalue weighted by molar-refractivity contribution is 0.0628. The number of piperidine rings is 1. The van der Waals surface area contributed by atoms with Gasteiger partial charge in [-0.3, -0.25) is 0 Å². The summed E-state index contributed by atoms with van der Waals surface area (Å²) in [5, 5.41) is 10.8. The highest BCUT2D eigenvalue weighted by Gasteiger charge is 2.37. The Morgan fingerprint density at radius 3 is 2.14 bits per heavy atom. The molecule has 1 aliphatic heterocycles. The molecule has 0 aromatic heterocycles. The zero-order valence-electron chi connectivity index (χ0n) is 25.3. The molecule has 1 saturated heterocycles. The lowest BCUT2D eigenvalue weighted by Crippen LogP contribution is -2.50. The molecule has 1 atom stereocenters. The Kier molecular flexibility index (Phi) is 13.4. The molecule has 0 spiro atoms. The van der Waals surface area contributed by atoms with Gasteiger partial charge in [-0.2, -0.15) is 4.31 Å². The summed E-state index contributed by atoms with van der Waals surface area (Å²) in [6.45, 7) is 6.66. The molecule has 3 aromatic rings. The van der Waals surface area contributed by atoms with Crippen molar-refractivity contribution in [2.75, 3.05) is 46.4 Å².